The number of hydrogen-bond acceptors (Lipinski definition) is 2. The fourth-order valence-corrected chi connectivity index (χ4v) is 9.04. The summed E-state index contributed by atoms with van der Waals surface area (Å²) in [6, 6.07) is 6.61. The van der Waals surface area contributed by atoms with Gasteiger partial charge in [-0.1, -0.05) is 26.0 Å². The van der Waals surface area contributed by atoms with Crippen LogP contribution in [0, 0.1) is 46.2 Å². The van der Waals surface area contributed by atoms with Crippen LogP contribution in [0.2, 0.25) is 0 Å². The van der Waals surface area contributed by atoms with E-state index in [4.69, 9.17) is 0 Å². The predicted octanol–water partition coefficient (Wildman–Crippen LogP) is 6.14. The second-order valence-electron chi connectivity index (χ2n) is 12.1. The van der Waals surface area contributed by atoms with Crippen molar-refractivity contribution in [2.45, 2.75) is 96.7 Å². The molecule has 1 aromatic carbocycles. The predicted molar refractivity (Wildman–Crippen MR) is 122 cm³/mol. The highest BCUT2D eigenvalue weighted by Gasteiger charge is 2.60. The quantitative estimate of drug-likeness (QED) is 0.605. The molecule has 0 aromatic heterocycles. The molecule has 0 amide bonds. The van der Waals surface area contributed by atoms with Gasteiger partial charge in [-0.25, -0.2) is 4.39 Å². The normalized spacial score (nSPS) is 45.5. The van der Waals surface area contributed by atoms with Crippen molar-refractivity contribution in [3.05, 3.63) is 35.6 Å². The summed E-state index contributed by atoms with van der Waals surface area (Å²) in [5, 5.41) is 21.1. The molecule has 0 radical (unpaired) electrons. The van der Waals surface area contributed by atoms with Crippen LogP contribution in [-0.4, -0.2) is 22.4 Å². The van der Waals surface area contributed by atoms with Crippen molar-refractivity contribution in [1.29, 1.82) is 0 Å². The van der Waals surface area contributed by atoms with Crippen LogP contribution in [0.25, 0.3) is 0 Å². The zero-order chi connectivity index (χ0) is 21.8. The van der Waals surface area contributed by atoms with Crippen LogP contribution in [0.3, 0.4) is 0 Å². The molecule has 1 aromatic rings. The fourth-order valence-electron chi connectivity index (χ4n) is 9.04. The van der Waals surface area contributed by atoms with Crippen LogP contribution in [0.4, 0.5) is 4.39 Å². The van der Waals surface area contributed by atoms with Gasteiger partial charge >= 0.3 is 0 Å². The maximum Gasteiger partial charge on any atom is 0.123 e. The number of halogens is 1. The molecule has 5 rings (SSSR count). The number of fused-ring (bicyclic) bond motifs is 5. The molecule has 4 fully saturated rings. The molecule has 4 saturated carbocycles. The number of hydrogen-bond donors (Lipinski definition) is 2. The van der Waals surface area contributed by atoms with E-state index in [-0.39, 0.29) is 18.0 Å². The fraction of sp³-hybridized carbons (Fsp3) is 0.786. The molecule has 0 heterocycles. The average molecular weight is 429 g/mol. The third-order valence-electron chi connectivity index (χ3n) is 10.8. The molecule has 2 nitrogen and oxygen atoms in total. The Kier molecular flexibility index (Phi) is 5.74. The molecule has 172 valence electrons. The third-order valence-corrected chi connectivity index (χ3v) is 10.8. The maximum absolute atomic E-state index is 13.2. The van der Waals surface area contributed by atoms with Gasteiger partial charge in [0.2, 0.25) is 0 Å². The van der Waals surface area contributed by atoms with Crippen LogP contribution in [-0.2, 0) is 6.42 Å². The van der Waals surface area contributed by atoms with Gasteiger partial charge in [0.05, 0.1) is 12.2 Å². The van der Waals surface area contributed by atoms with Crippen molar-refractivity contribution >= 4 is 0 Å². The topological polar surface area (TPSA) is 40.5 Å². The van der Waals surface area contributed by atoms with Crippen molar-refractivity contribution in [3.63, 3.8) is 0 Å². The van der Waals surface area contributed by atoms with Crippen LogP contribution in [0.15, 0.2) is 24.3 Å². The molecule has 0 spiro atoms. The molecule has 4 aliphatic rings. The van der Waals surface area contributed by atoms with Crippen LogP contribution >= 0.6 is 0 Å². The minimum atomic E-state index is -0.336. The summed E-state index contributed by atoms with van der Waals surface area (Å²) >= 11 is 0. The zero-order valence-corrected chi connectivity index (χ0v) is 19.4. The highest BCUT2D eigenvalue weighted by Crippen LogP contribution is 2.67. The highest BCUT2D eigenvalue weighted by atomic mass is 19.1. The minimum Gasteiger partial charge on any atom is -0.393 e. The second kappa shape index (κ2) is 8.13. The summed E-state index contributed by atoms with van der Waals surface area (Å²) in [7, 11) is 0. The lowest BCUT2D eigenvalue weighted by molar-refractivity contribution is -0.128. The van der Waals surface area contributed by atoms with E-state index in [1.807, 2.05) is 12.1 Å². The Balaban J connectivity index is 1.27. The lowest BCUT2D eigenvalue weighted by atomic mass is 9.44. The van der Waals surface area contributed by atoms with E-state index >= 15 is 0 Å². The Morgan fingerprint density at radius 2 is 1.65 bits per heavy atom. The highest BCUT2D eigenvalue weighted by molar-refractivity contribution is 5.17. The Hall–Kier alpha value is -0.930. The molecule has 0 aliphatic heterocycles. The van der Waals surface area contributed by atoms with Gasteiger partial charge in [-0.15, -0.1) is 0 Å². The first kappa shape index (κ1) is 21.9. The number of aliphatic hydroxyl groups is 2. The Bertz CT molecular complexity index is 778. The van der Waals surface area contributed by atoms with Crippen LogP contribution in [0.5, 0.6) is 0 Å². The van der Waals surface area contributed by atoms with Crippen LogP contribution < -0.4 is 0 Å². The summed E-state index contributed by atoms with van der Waals surface area (Å²) in [5.41, 5.74) is 1.83. The smallest absolute Gasteiger partial charge is 0.123 e. The summed E-state index contributed by atoms with van der Waals surface area (Å²) in [6.07, 6.45) is 12.2. The third kappa shape index (κ3) is 3.78. The van der Waals surface area contributed by atoms with Crippen molar-refractivity contribution in [2.24, 2.45) is 40.4 Å². The number of rotatable bonds is 4. The molecule has 0 bridgehead atoms. The van der Waals surface area contributed by atoms with E-state index in [0.717, 1.165) is 48.5 Å². The van der Waals surface area contributed by atoms with E-state index in [1.165, 1.54) is 57.1 Å². The molecular formula is C28H41FO2. The Labute approximate surface area is 187 Å². The van der Waals surface area contributed by atoms with Gasteiger partial charge in [0, 0.05) is 0 Å². The average Bonchev–Trinajstić information content (AvgIpc) is 3.06. The largest absolute Gasteiger partial charge is 0.393 e. The standard InChI is InChI=1S/C28H41FO2/c1-27-13-11-22(30)16-19(27)5-9-24-25-10-6-20(28(25,2)14-12-26(24)27)17-23(31)15-18-3-7-21(29)8-4-18/h3-4,7-8,19-20,22-26,30-31H,5-6,9-17H2,1-2H3/t19?,20?,22-,23+,24-,25?,26?,27-,28?/m0/s1. The van der Waals surface area contributed by atoms with Gasteiger partial charge in [-0.05, 0) is 129 Å². The molecule has 9 atom stereocenters. The zero-order valence-electron chi connectivity index (χ0n) is 19.4. The van der Waals surface area contributed by atoms with E-state index in [9.17, 15) is 14.6 Å². The lowest BCUT2D eigenvalue weighted by Crippen LogP contribution is -2.54. The summed E-state index contributed by atoms with van der Waals surface area (Å²) in [5.74, 6) is 3.59. The number of benzene rings is 1. The van der Waals surface area contributed by atoms with Crippen molar-refractivity contribution in [1.82, 2.24) is 0 Å². The van der Waals surface area contributed by atoms with Crippen LogP contribution in [0.1, 0.15) is 83.6 Å². The maximum atomic E-state index is 13.2. The lowest BCUT2D eigenvalue weighted by Gasteiger charge is -2.61. The van der Waals surface area contributed by atoms with E-state index in [1.54, 1.807) is 0 Å². The van der Waals surface area contributed by atoms with E-state index < -0.39 is 0 Å². The minimum absolute atomic E-state index is 0.0677. The number of aliphatic hydroxyl groups excluding tert-OH is 2. The molecule has 31 heavy (non-hydrogen) atoms. The Morgan fingerprint density at radius 3 is 2.42 bits per heavy atom. The van der Waals surface area contributed by atoms with Gasteiger partial charge in [0.15, 0.2) is 0 Å². The van der Waals surface area contributed by atoms with Gasteiger partial charge in [-0.3, -0.25) is 0 Å². The Morgan fingerprint density at radius 1 is 0.935 bits per heavy atom. The summed E-state index contributed by atoms with van der Waals surface area (Å²) in [6.45, 7) is 5.09. The summed E-state index contributed by atoms with van der Waals surface area (Å²) in [4.78, 5) is 0. The van der Waals surface area contributed by atoms with E-state index in [0.29, 0.717) is 23.2 Å². The first-order valence-electron chi connectivity index (χ1n) is 12.9. The van der Waals surface area contributed by atoms with Crippen molar-refractivity contribution in [3.8, 4) is 0 Å². The molecule has 4 aliphatic carbocycles. The van der Waals surface area contributed by atoms with Gasteiger partial charge in [0.25, 0.3) is 0 Å². The first-order valence-corrected chi connectivity index (χ1v) is 12.9. The van der Waals surface area contributed by atoms with Crippen molar-refractivity contribution in [2.75, 3.05) is 0 Å². The van der Waals surface area contributed by atoms with E-state index in [2.05, 4.69) is 13.8 Å². The molecule has 3 heteroatoms. The monoisotopic (exact) mass is 428 g/mol. The van der Waals surface area contributed by atoms with Crippen molar-refractivity contribution < 1.29 is 14.6 Å². The van der Waals surface area contributed by atoms with Gasteiger partial charge in [0.1, 0.15) is 5.82 Å². The second-order valence-corrected chi connectivity index (χ2v) is 12.1. The molecule has 2 N–H and O–H groups in total. The first-order chi connectivity index (χ1) is 14.8. The molecule has 5 unspecified atom stereocenters. The SMILES string of the molecule is CC12CCC3[C@@H](CCC4C[C@@H](O)CC[C@@]43C)C1CCC2C[C@H](O)Cc1ccc(F)cc1. The van der Waals surface area contributed by atoms with Gasteiger partial charge < -0.3 is 10.2 Å². The van der Waals surface area contributed by atoms with Gasteiger partial charge in [-0.2, -0.15) is 0 Å². The molecule has 0 saturated heterocycles. The molecular weight excluding hydrogens is 387 g/mol. The summed E-state index contributed by atoms with van der Waals surface area (Å²) < 4.78 is 13.2.